The first-order valence-electron chi connectivity index (χ1n) is 12.6. The lowest BCUT2D eigenvalue weighted by Crippen LogP contribution is -2.51. The first-order chi connectivity index (χ1) is 17.8. The van der Waals surface area contributed by atoms with Crippen molar-refractivity contribution in [3.8, 4) is 11.1 Å². The van der Waals surface area contributed by atoms with Crippen LogP contribution in [-0.4, -0.2) is 27.8 Å². The topological polar surface area (TPSA) is 51.3 Å². The Balaban J connectivity index is 1.81. The number of carbonyl (C=O) groups is 1. The molecule has 0 aromatic carbocycles. The number of nitrogens with zero attached hydrogens (tertiary/aromatic N) is 3. The molecule has 1 amide bonds. The molecule has 0 bridgehead atoms. The number of halogens is 4. The molecule has 0 atom stereocenters. The third-order valence-electron chi connectivity index (χ3n) is 7.43. The summed E-state index contributed by atoms with van der Waals surface area (Å²) in [4.78, 5) is 17.7. The van der Waals surface area contributed by atoms with Gasteiger partial charge in [-0.15, -0.1) is 11.3 Å². The van der Waals surface area contributed by atoms with Gasteiger partial charge in [-0.1, -0.05) is 59.2 Å². The molecule has 204 valence electrons. The van der Waals surface area contributed by atoms with Crippen molar-refractivity contribution in [2.45, 2.75) is 70.9 Å². The number of thiophene rings is 1. The van der Waals surface area contributed by atoms with Gasteiger partial charge in [0.1, 0.15) is 5.15 Å². The molecule has 0 saturated heterocycles. The number of carbonyl (C=O) groups excluding carboxylic acids is 1. The van der Waals surface area contributed by atoms with Crippen LogP contribution < -0.4 is 5.32 Å². The van der Waals surface area contributed by atoms with Gasteiger partial charge in [0.05, 0.1) is 12.1 Å². The summed E-state index contributed by atoms with van der Waals surface area (Å²) in [5.74, 6) is -0.630. The highest BCUT2D eigenvalue weighted by atomic mass is 35.5. The number of aromatic nitrogens is 3. The molecule has 4 heterocycles. The fourth-order valence-corrected chi connectivity index (χ4v) is 13.4. The standard InChI is InChI=1S/C27H32ClF3N4OSSi/c1-16(2)38(17(3)4,18(5)6)34-10-9-19(14-34)20-12-22(27(29,30)31)25-33-23(24(28)35(25)15-20)26(36)32-13-21-8-7-11-37-21/h7-12,14-18H,13H2,1-6H3,(H,32,36). The van der Waals surface area contributed by atoms with Crippen LogP contribution in [0.25, 0.3) is 16.8 Å². The third-order valence-corrected chi connectivity index (χ3v) is 15.4. The Kier molecular flexibility index (Phi) is 7.89. The average Bonchev–Trinajstić information content (AvgIpc) is 3.57. The summed E-state index contributed by atoms with van der Waals surface area (Å²) in [6, 6.07) is 6.65. The predicted molar refractivity (Wildman–Crippen MR) is 151 cm³/mol. The number of nitrogens with one attached hydrogen (secondary N) is 1. The van der Waals surface area contributed by atoms with E-state index in [4.69, 9.17) is 11.6 Å². The number of alkyl halides is 3. The minimum atomic E-state index is -4.69. The number of hydrogen-bond acceptors (Lipinski definition) is 3. The fraction of sp³-hybridized carbons (Fsp3) is 0.407. The molecule has 11 heteroatoms. The van der Waals surface area contributed by atoms with E-state index in [0.29, 0.717) is 27.8 Å². The maximum Gasteiger partial charge on any atom is 0.420 e. The van der Waals surface area contributed by atoms with Crippen molar-refractivity contribution in [1.29, 1.82) is 0 Å². The average molecular weight is 581 g/mol. The van der Waals surface area contributed by atoms with Crippen LogP contribution in [-0.2, 0) is 12.7 Å². The zero-order valence-electron chi connectivity index (χ0n) is 22.2. The van der Waals surface area contributed by atoms with Crippen LogP contribution in [0.1, 0.15) is 62.5 Å². The lowest BCUT2D eigenvalue weighted by Gasteiger charge is -2.44. The van der Waals surface area contributed by atoms with Gasteiger partial charge in [-0.2, -0.15) is 13.2 Å². The van der Waals surface area contributed by atoms with Crippen LogP contribution in [0, 0.1) is 0 Å². The molecular formula is C27H32ClF3N4OSSi. The lowest BCUT2D eigenvalue weighted by atomic mass is 10.1. The third kappa shape index (κ3) is 4.93. The minimum Gasteiger partial charge on any atom is -0.379 e. The molecule has 4 rings (SSSR count). The van der Waals surface area contributed by atoms with Crippen LogP contribution in [0.2, 0.25) is 21.8 Å². The van der Waals surface area contributed by atoms with Crippen LogP contribution in [0.3, 0.4) is 0 Å². The van der Waals surface area contributed by atoms with Gasteiger partial charge in [0.15, 0.2) is 19.6 Å². The number of hydrogen-bond donors (Lipinski definition) is 1. The van der Waals surface area contributed by atoms with E-state index in [1.807, 2.05) is 36.0 Å². The number of amides is 1. The molecule has 0 spiro atoms. The van der Waals surface area contributed by atoms with E-state index in [1.54, 1.807) is 0 Å². The highest BCUT2D eigenvalue weighted by molar-refractivity contribution is 7.09. The Bertz CT molecular complexity index is 1420. The second kappa shape index (κ2) is 10.5. The molecule has 0 unspecified atom stereocenters. The molecule has 0 saturated carbocycles. The van der Waals surface area contributed by atoms with E-state index in [1.165, 1.54) is 17.5 Å². The Labute approximate surface area is 230 Å². The summed E-state index contributed by atoms with van der Waals surface area (Å²) in [6.07, 6.45) is 0.801. The van der Waals surface area contributed by atoms with Gasteiger partial charge in [0.25, 0.3) is 5.91 Å². The Morgan fingerprint density at radius 3 is 2.29 bits per heavy atom. The normalized spacial score (nSPS) is 12.9. The van der Waals surface area contributed by atoms with E-state index >= 15 is 0 Å². The van der Waals surface area contributed by atoms with Crippen LogP contribution in [0.4, 0.5) is 13.2 Å². The molecule has 0 fully saturated rings. The van der Waals surface area contributed by atoms with Crippen LogP contribution in [0.15, 0.2) is 48.2 Å². The molecule has 1 N–H and O–H groups in total. The zero-order valence-corrected chi connectivity index (χ0v) is 24.8. The molecular weight excluding hydrogens is 549 g/mol. The number of pyridine rings is 1. The molecule has 0 radical (unpaired) electrons. The van der Waals surface area contributed by atoms with E-state index in [-0.39, 0.29) is 17.4 Å². The number of fused-ring (bicyclic) bond motifs is 1. The molecule has 4 aromatic rings. The van der Waals surface area contributed by atoms with Gasteiger partial charge >= 0.3 is 6.18 Å². The largest absolute Gasteiger partial charge is 0.420 e. The molecule has 0 aliphatic rings. The monoisotopic (exact) mass is 580 g/mol. The highest BCUT2D eigenvalue weighted by Gasteiger charge is 2.45. The van der Waals surface area contributed by atoms with Gasteiger partial charge in [-0.25, -0.2) is 4.98 Å². The van der Waals surface area contributed by atoms with Crippen molar-refractivity contribution in [3.05, 3.63) is 69.5 Å². The number of imidazole rings is 1. The molecule has 38 heavy (non-hydrogen) atoms. The summed E-state index contributed by atoms with van der Waals surface area (Å²) in [5.41, 5.74) is 0.703. The second-order valence-electron chi connectivity index (χ2n) is 10.5. The van der Waals surface area contributed by atoms with Crippen LogP contribution >= 0.6 is 22.9 Å². The van der Waals surface area contributed by atoms with Crippen LogP contribution in [0.5, 0.6) is 0 Å². The molecule has 5 nitrogen and oxygen atoms in total. The summed E-state index contributed by atoms with van der Waals surface area (Å²) in [7, 11) is -2.08. The van der Waals surface area contributed by atoms with E-state index in [0.717, 1.165) is 15.3 Å². The minimum absolute atomic E-state index is 0.161. The van der Waals surface area contributed by atoms with Gasteiger partial charge < -0.3 is 9.55 Å². The Morgan fingerprint density at radius 1 is 1.08 bits per heavy atom. The summed E-state index contributed by atoms with van der Waals surface area (Å²) < 4.78 is 46.1. The lowest BCUT2D eigenvalue weighted by molar-refractivity contribution is -0.136. The fourth-order valence-electron chi connectivity index (χ4n) is 5.99. The van der Waals surface area contributed by atoms with Gasteiger partial charge in [-0.3, -0.25) is 9.20 Å². The van der Waals surface area contributed by atoms with E-state index < -0.39 is 31.5 Å². The van der Waals surface area contributed by atoms with Crippen molar-refractivity contribution >= 4 is 42.7 Å². The first kappa shape index (κ1) is 28.4. The molecule has 0 aliphatic heterocycles. The smallest absolute Gasteiger partial charge is 0.379 e. The summed E-state index contributed by atoms with van der Waals surface area (Å²) >= 11 is 7.94. The van der Waals surface area contributed by atoms with Crippen molar-refractivity contribution in [2.75, 3.05) is 0 Å². The van der Waals surface area contributed by atoms with Crippen molar-refractivity contribution in [3.63, 3.8) is 0 Å². The molecule has 0 aliphatic carbocycles. The second-order valence-corrected chi connectivity index (χ2v) is 17.7. The van der Waals surface area contributed by atoms with Gasteiger partial charge in [-0.05, 0) is 52.0 Å². The van der Waals surface area contributed by atoms with Gasteiger partial charge in [0, 0.05) is 22.8 Å². The van der Waals surface area contributed by atoms with E-state index in [2.05, 4.69) is 56.1 Å². The number of rotatable bonds is 8. The van der Waals surface area contributed by atoms with Crippen molar-refractivity contribution in [1.82, 2.24) is 18.9 Å². The Morgan fingerprint density at radius 2 is 1.74 bits per heavy atom. The predicted octanol–water partition coefficient (Wildman–Crippen LogP) is 8.49. The maximum atomic E-state index is 14.2. The highest BCUT2D eigenvalue weighted by Crippen LogP contribution is 2.44. The summed E-state index contributed by atoms with van der Waals surface area (Å²) in [5, 5.41) is 4.40. The van der Waals surface area contributed by atoms with Gasteiger partial charge in [0.2, 0.25) is 0 Å². The summed E-state index contributed by atoms with van der Waals surface area (Å²) in [6.45, 7) is 13.6. The van der Waals surface area contributed by atoms with Crippen molar-refractivity contribution in [2.24, 2.45) is 0 Å². The van der Waals surface area contributed by atoms with E-state index in [9.17, 15) is 18.0 Å². The first-order valence-corrected chi connectivity index (χ1v) is 16.0. The quantitative estimate of drug-likeness (QED) is 0.212. The van der Waals surface area contributed by atoms with Crippen molar-refractivity contribution < 1.29 is 18.0 Å². The Hall–Kier alpha value is -2.56. The SMILES string of the molecule is CC(C)[Si](C(C)C)(C(C)C)n1ccc(-c2cc(C(F)(F)F)c3nc(C(=O)NCc4cccs4)c(Cl)n3c2)c1. The maximum absolute atomic E-state index is 14.2. The molecule has 4 aromatic heterocycles. The zero-order chi connectivity index (χ0) is 28.0.